The van der Waals surface area contributed by atoms with E-state index >= 15 is 0 Å². The average Bonchev–Trinajstić information content (AvgIpc) is 2.39. The van der Waals surface area contributed by atoms with Crippen molar-refractivity contribution in [2.75, 3.05) is 6.54 Å². The number of rotatable bonds is 5. The van der Waals surface area contributed by atoms with E-state index in [-0.39, 0.29) is 11.8 Å². The number of nitrogens with one attached hydrogen (secondary N) is 2. The molecule has 2 N–H and O–H groups in total. The van der Waals surface area contributed by atoms with Gasteiger partial charge in [-0.3, -0.25) is 9.59 Å². The molecule has 4 nitrogen and oxygen atoms in total. The fraction of sp³-hybridized carbons (Fsp3) is 0.385. The minimum absolute atomic E-state index is 0.220. The number of carbonyl (C=O) groups is 2. The van der Waals surface area contributed by atoms with Gasteiger partial charge in [0.1, 0.15) is 11.4 Å². The molecule has 2 amide bonds. The molecule has 0 heterocycles. The second kappa shape index (κ2) is 7.01. The zero-order valence-electron chi connectivity index (χ0n) is 10.4. The Bertz CT molecular complexity index is 409. The van der Waals surface area contributed by atoms with Crippen molar-refractivity contribution in [1.82, 2.24) is 10.6 Å². The fourth-order valence-corrected chi connectivity index (χ4v) is 1.66. The van der Waals surface area contributed by atoms with E-state index < -0.39 is 11.4 Å². The maximum absolute atomic E-state index is 11.8. The molecular weight excluding hydrogens is 252 g/mol. The molecule has 5 heteroatoms. The Kier molecular flexibility index (Phi) is 5.65. The van der Waals surface area contributed by atoms with Crippen molar-refractivity contribution in [3.8, 4) is 0 Å². The van der Waals surface area contributed by atoms with Crippen LogP contribution in [0.15, 0.2) is 30.3 Å². The molecular formula is C13H17ClN2O2. The molecule has 18 heavy (non-hydrogen) atoms. The highest BCUT2D eigenvalue weighted by atomic mass is 35.5. The van der Waals surface area contributed by atoms with Crippen LogP contribution >= 0.6 is 11.6 Å². The summed E-state index contributed by atoms with van der Waals surface area (Å²) in [6, 6.07) is 8.42. The van der Waals surface area contributed by atoms with Crippen LogP contribution in [0.25, 0.3) is 0 Å². The van der Waals surface area contributed by atoms with Crippen LogP contribution in [-0.2, 0) is 9.59 Å². The third-order valence-electron chi connectivity index (χ3n) is 2.43. The Hall–Kier alpha value is -1.55. The average molecular weight is 269 g/mol. The summed E-state index contributed by atoms with van der Waals surface area (Å²) in [5.41, 5.74) is 0.708. The summed E-state index contributed by atoms with van der Waals surface area (Å²) in [4.78, 5) is 23.3. The van der Waals surface area contributed by atoms with Gasteiger partial charge in [-0.2, -0.15) is 0 Å². The summed E-state index contributed by atoms with van der Waals surface area (Å²) in [7, 11) is 0. The maximum Gasteiger partial charge on any atom is 0.243 e. The molecule has 0 bridgehead atoms. The Morgan fingerprint density at radius 2 is 1.83 bits per heavy atom. The summed E-state index contributed by atoms with van der Waals surface area (Å²) in [5.74, 6) is -0.593. The van der Waals surface area contributed by atoms with E-state index in [1.807, 2.05) is 25.1 Å². The molecule has 0 aliphatic heterocycles. The molecule has 0 fully saturated rings. The molecule has 2 atom stereocenters. The second-order valence-electron chi connectivity index (χ2n) is 3.90. The van der Waals surface area contributed by atoms with Crippen molar-refractivity contribution in [1.29, 1.82) is 0 Å². The van der Waals surface area contributed by atoms with Crippen molar-refractivity contribution >= 4 is 23.4 Å². The molecule has 0 aromatic heterocycles. The van der Waals surface area contributed by atoms with Gasteiger partial charge in [-0.15, -0.1) is 11.6 Å². The normalized spacial score (nSPS) is 13.5. The highest BCUT2D eigenvalue weighted by molar-refractivity contribution is 6.30. The van der Waals surface area contributed by atoms with Crippen LogP contribution in [0.4, 0.5) is 0 Å². The molecule has 0 saturated carbocycles. The molecule has 98 valence electrons. The van der Waals surface area contributed by atoms with Gasteiger partial charge in [0.2, 0.25) is 11.8 Å². The van der Waals surface area contributed by atoms with Crippen LogP contribution < -0.4 is 10.6 Å². The van der Waals surface area contributed by atoms with Gasteiger partial charge in [0, 0.05) is 6.54 Å². The first-order valence-corrected chi connectivity index (χ1v) is 6.27. The molecule has 0 aliphatic rings. The maximum atomic E-state index is 11.8. The third-order valence-corrected chi connectivity index (χ3v) is 2.88. The Labute approximate surface area is 112 Å². The molecule has 1 aromatic carbocycles. The van der Waals surface area contributed by atoms with Crippen molar-refractivity contribution in [3.05, 3.63) is 35.9 Å². The lowest BCUT2D eigenvalue weighted by Crippen LogP contribution is -2.45. The smallest absolute Gasteiger partial charge is 0.243 e. The molecule has 0 spiro atoms. The Balaban J connectivity index is 2.58. The van der Waals surface area contributed by atoms with Crippen LogP contribution in [0.1, 0.15) is 24.8 Å². The monoisotopic (exact) mass is 268 g/mol. The van der Waals surface area contributed by atoms with Gasteiger partial charge in [-0.1, -0.05) is 30.3 Å². The van der Waals surface area contributed by atoms with Crippen molar-refractivity contribution in [3.63, 3.8) is 0 Å². The van der Waals surface area contributed by atoms with E-state index in [1.54, 1.807) is 19.1 Å². The largest absolute Gasteiger partial charge is 0.355 e. The quantitative estimate of drug-likeness (QED) is 0.797. The minimum Gasteiger partial charge on any atom is -0.355 e. The SMILES string of the molecule is CCNC(=O)C(C)NC(=O)C(Cl)c1ccccc1. The minimum atomic E-state index is -0.789. The lowest BCUT2D eigenvalue weighted by Gasteiger charge is -2.16. The molecule has 2 unspecified atom stereocenters. The first kappa shape index (κ1) is 14.5. The summed E-state index contributed by atoms with van der Waals surface area (Å²) < 4.78 is 0. The fourth-order valence-electron chi connectivity index (χ4n) is 1.45. The van der Waals surface area contributed by atoms with Gasteiger partial charge in [0.05, 0.1) is 0 Å². The highest BCUT2D eigenvalue weighted by Crippen LogP contribution is 2.19. The number of likely N-dealkylation sites (N-methyl/N-ethyl adjacent to an activating group) is 1. The zero-order chi connectivity index (χ0) is 13.5. The molecule has 0 aliphatic carbocycles. The van der Waals surface area contributed by atoms with E-state index in [9.17, 15) is 9.59 Å². The number of alkyl halides is 1. The topological polar surface area (TPSA) is 58.2 Å². The summed E-state index contributed by atoms with van der Waals surface area (Å²) >= 11 is 6.04. The predicted molar refractivity (Wildman–Crippen MR) is 71.3 cm³/mol. The Morgan fingerprint density at radius 1 is 1.22 bits per heavy atom. The highest BCUT2D eigenvalue weighted by Gasteiger charge is 2.21. The predicted octanol–water partition coefficient (Wildman–Crippen LogP) is 1.61. The number of amides is 2. The van der Waals surface area contributed by atoms with Crippen LogP contribution in [-0.4, -0.2) is 24.4 Å². The van der Waals surface area contributed by atoms with Crippen LogP contribution in [0.2, 0.25) is 0 Å². The number of benzene rings is 1. The summed E-state index contributed by atoms with van der Waals surface area (Å²) in [5, 5.41) is 4.42. The number of carbonyl (C=O) groups excluding carboxylic acids is 2. The van der Waals surface area contributed by atoms with Crippen molar-refractivity contribution in [2.45, 2.75) is 25.3 Å². The van der Waals surface area contributed by atoms with Gasteiger partial charge in [0.15, 0.2) is 0 Å². The molecule has 0 saturated heterocycles. The Morgan fingerprint density at radius 3 is 2.39 bits per heavy atom. The molecule has 1 aromatic rings. The number of hydrogen-bond acceptors (Lipinski definition) is 2. The third kappa shape index (κ3) is 4.04. The lowest BCUT2D eigenvalue weighted by molar-refractivity contribution is -0.128. The zero-order valence-corrected chi connectivity index (χ0v) is 11.2. The van der Waals surface area contributed by atoms with E-state index in [4.69, 9.17) is 11.6 Å². The van der Waals surface area contributed by atoms with Gasteiger partial charge < -0.3 is 10.6 Å². The molecule has 1 rings (SSSR count). The van der Waals surface area contributed by atoms with Crippen LogP contribution in [0.5, 0.6) is 0 Å². The standard InChI is InChI=1S/C13H17ClN2O2/c1-3-15-12(17)9(2)16-13(18)11(14)10-7-5-4-6-8-10/h4-9,11H,3H2,1-2H3,(H,15,17)(H,16,18). The van der Waals surface area contributed by atoms with Crippen molar-refractivity contribution < 1.29 is 9.59 Å². The first-order valence-electron chi connectivity index (χ1n) is 5.83. The van der Waals surface area contributed by atoms with Crippen LogP contribution in [0.3, 0.4) is 0 Å². The van der Waals surface area contributed by atoms with E-state index in [2.05, 4.69) is 10.6 Å². The number of halogens is 1. The van der Waals surface area contributed by atoms with Crippen molar-refractivity contribution in [2.24, 2.45) is 0 Å². The van der Waals surface area contributed by atoms with E-state index in [0.29, 0.717) is 12.1 Å². The lowest BCUT2D eigenvalue weighted by atomic mass is 10.1. The van der Waals surface area contributed by atoms with Gasteiger partial charge >= 0.3 is 0 Å². The summed E-state index contributed by atoms with van der Waals surface area (Å²) in [6.07, 6.45) is 0. The number of hydrogen-bond donors (Lipinski definition) is 2. The van der Waals surface area contributed by atoms with Crippen LogP contribution in [0, 0.1) is 0 Å². The van der Waals surface area contributed by atoms with Gasteiger partial charge in [-0.25, -0.2) is 0 Å². The molecule has 0 radical (unpaired) electrons. The van der Waals surface area contributed by atoms with E-state index in [1.165, 1.54) is 0 Å². The first-order chi connectivity index (χ1) is 8.56. The van der Waals surface area contributed by atoms with E-state index in [0.717, 1.165) is 0 Å². The van der Waals surface area contributed by atoms with Gasteiger partial charge in [-0.05, 0) is 19.4 Å². The second-order valence-corrected chi connectivity index (χ2v) is 4.33. The van der Waals surface area contributed by atoms with Gasteiger partial charge in [0.25, 0.3) is 0 Å². The summed E-state index contributed by atoms with van der Waals surface area (Å²) in [6.45, 7) is 3.97.